The number of aromatic amines is 1. The van der Waals surface area contributed by atoms with Gasteiger partial charge in [-0.2, -0.15) is 5.10 Å². The van der Waals surface area contributed by atoms with Gasteiger partial charge in [0, 0.05) is 19.4 Å². The zero-order chi connectivity index (χ0) is 11.5. The van der Waals surface area contributed by atoms with Crippen molar-refractivity contribution in [2.24, 2.45) is 7.05 Å². The van der Waals surface area contributed by atoms with Crippen molar-refractivity contribution in [3.8, 4) is 0 Å². The number of aryl methyl sites for hydroxylation is 1. The standard InChI is InChI=1S/C9H10BrN5O/c1-15-3-2-11-7(15)5-12-6-4-13-14-9(16)8(6)10/h2-4H,5H2,1H3,(H2,12,14,16). The van der Waals surface area contributed by atoms with Gasteiger partial charge in [0.05, 0.1) is 18.4 Å². The lowest BCUT2D eigenvalue weighted by atomic mass is 10.4. The molecule has 0 aliphatic carbocycles. The van der Waals surface area contributed by atoms with Crippen LogP contribution in [-0.2, 0) is 13.6 Å². The van der Waals surface area contributed by atoms with E-state index in [1.165, 1.54) is 0 Å². The molecule has 0 unspecified atom stereocenters. The van der Waals surface area contributed by atoms with Gasteiger partial charge in [-0.3, -0.25) is 4.79 Å². The molecule has 0 spiro atoms. The third-order valence-electron chi connectivity index (χ3n) is 2.15. The molecule has 0 atom stereocenters. The maximum atomic E-state index is 11.2. The van der Waals surface area contributed by atoms with E-state index in [9.17, 15) is 4.79 Å². The summed E-state index contributed by atoms with van der Waals surface area (Å²) in [4.78, 5) is 15.4. The summed E-state index contributed by atoms with van der Waals surface area (Å²) < 4.78 is 2.35. The first-order chi connectivity index (χ1) is 7.68. The lowest BCUT2D eigenvalue weighted by Crippen LogP contribution is -2.13. The van der Waals surface area contributed by atoms with Crippen molar-refractivity contribution in [1.82, 2.24) is 19.7 Å². The fourth-order valence-corrected chi connectivity index (χ4v) is 1.58. The highest BCUT2D eigenvalue weighted by molar-refractivity contribution is 9.10. The molecule has 0 saturated carbocycles. The van der Waals surface area contributed by atoms with Crippen LogP contribution in [0, 0.1) is 0 Å². The SMILES string of the molecule is Cn1ccnc1CNc1cn[nH]c(=O)c1Br. The lowest BCUT2D eigenvalue weighted by Gasteiger charge is -2.06. The van der Waals surface area contributed by atoms with Crippen LogP contribution in [0.4, 0.5) is 5.69 Å². The number of nitrogens with one attached hydrogen (secondary N) is 2. The lowest BCUT2D eigenvalue weighted by molar-refractivity contribution is 0.811. The van der Waals surface area contributed by atoms with Crippen LogP contribution in [0.15, 0.2) is 27.9 Å². The molecule has 84 valence electrons. The molecule has 7 heteroatoms. The summed E-state index contributed by atoms with van der Waals surface area (Å²) in [6, 6.07) is 0. The zero-order valence-corrected chi connectivity index (χ0v) is 10.2. The molecule has 0 radical (unpaired) electrons. The molecule has 2 aromatic rings. The number of aromatic nitrogens is 4. The first kappa shape index (κ1) is 10.9. The highest BCUT2D eigenvalue weighted by atomic mass is 79.9. The molecule has 2 heterocycles. The monoisotopic (exact) mass is 283 g/mol. The van der Waals surface area contributed by atoms with Crippen LogP contribution in [-0.4, -0.2) is 19.7 Å². The second-order valence-electron chi connectivity index (χ2n) is 3.23. The molecule has 0 bridgehead atoms. The number of imidazole rings is 1. The van der Waals surface area contributed by atoms with E-state index in [2.05, 4.69) is 36.4 Å². The normalized spacial score (nSPS) is 10.4. The van der Waals surface area contributed by atoms with Crippen LogP contribution in [0.1, 0.15) is 5.82 Å². The Labute approximate surface area is 99.8 Å². The van der Waals surface area contributed by atoms with Gasteiger partial charge < -0.3 is 9.88 Å². The van der Waals surface area contributed by atoms with E-state index in [0.29, 0.717) is 16.7 Å². The summed E-state index contributed by atoms with van der Waals surface area (Å²) in [6.45, 7) is 0.535. The molecule has 0 saturated heterocycles. The second kappa shape index (κ2) is 4.48. The molecule has 0 aliphatic heterocycles. The molecule has 0 aliphatic rings. The molecule has 16 heavy (non-hydrogen) atoms. The Hall–Kier alpha value is -1.63. The minimum atomic E-state index is -0.259. The number of H-pyrrole nitrogens is 1. The average Bonchev–Trinajstić information content (AvgIpc) is 2.67. The van der Waals surface area contributed by atoms with Crippen LogP contribution in [0.2, 0.25) is 0 Å². The molecular weight excluding hydrogens is 274 g/mol. The summed E-state index contributed by atoms with van der Waals surface area (Å²) in [5.74, 6) is 0.882. The van der Waals surface area contributed by atoms with Crippen molar-refractivity contribution in [1.29, 1.82) is 0 Å². The van der Waals surface area contributed by atoms with Gasteiger partial charge in [-0.05, 0) is 15.9 Å². The Morgan fingerprint density at radius 2 is 2.44 bits per heavy atom. The van der Waals surface area contributed by atoms with Crippen molar-refractivity contribution < 1.29 is 0 Å². The van der Waals surface area contributed by atoms with Crippen molar-refractivity contribution >= 4 is 21.6 Å². The molecule has 2 rings (SSSR count). The van der Waals surface area contributed by atoms with Crippen molar-refractivity contribution in [3.05, 3.63) is 39.2 Å². The molecular formula is C9H10BrN5O. The average molecular weight is 284 g/mol. The number of hydrogen-bond acceptors (Lipinski definition) is 4. The Balaban J connectivity index is 2.14. The minimum absolute atomic E-state index is 0.259. The topological polar surface area (TPSA) is 75.6 Å². The van der Waals surface area contributed by atoms with Crippen LogP contribution in [0.5, 0.6) is 0 Å². The Morgan fingerprint density at radius 3 is 3.12 bits per heavy atom. The number of rotatable bonds is 3. The van der Waals surface area contributed by atoms with Crippen molar-refractivity contribution in [2.45, 2.75) is 6.54 Å². The van der Waals surface area contributed by atoms with Crippen LogP contribution < -0.4 is 10.9 Å². The summed E-state index contributed by atoms with van der Waals surface area (Å²) >= 11 is 3.19. The third kappa shape index (κ3) is 2.13. The summed E-state index contributed by atoms with van der Waals surface area (Å²) in [5.41, 5.74) is 0.386. The second-order valence-corrected chi connectivity index (χ2v) is 4.03. The smallest absolute Gasteiger partial charge is 0.280 e. The van der Waals surface area contributed by atoms with Gasteiger partial charge in [0.15, 0.2) is 0 Å². The summed E-state index contributed by atoms with van der Waals surface area (Å²) in [7, 11) is 1.91. The van der Waals surface area contributed by atoms with Gasteiger partial charge >= 0.3 is 0 Å². The quantitative estimate of drug-likeness (QED) is 0.877. The number of hydrogen-bond donors (Lipinski definition) is 2. The van der Waals surface area contributed by atoms with Crippen LogP contribution in [0.25, 0.3) is 0 Å². The predicted molar refractivity (Wildman–Crippen MR) is 63.1 cm³/mol. The largest absolute Gasteiger partial charge is 0.375 e. The predicted octanol–water partition coefficient (Wildman–Crippen LogP) is 0.878. The van der Waals surface area contributed by atoms with Crippen molar-refractivity contribution in [3.63, 3.8) is 0 Å². The fourth-order valence-electron chi connectivity index (χ4n) is 1.25. The van der Waals surface area contributed by atoms with Gasteiger partial charge in [0.25, 0.3) is 5.56 Å². The number of halogens is 1. The highest BCUT2D eigenvalue weighted by Crippen LogP contribution is 2.15. The van der Waals surface area contributed by atoms with Gasteiger partial charge in [-0.1, -0.05) is 0 Å². The first-order valence-corrected chi connectivity index (χ1v) is 5.41. The van der Waals surface area contributed by atoms with E-state index >= 15 is 0 Å². The Bertz CT molecular complexity index is 547. The highest BCUT2D eigenvalue weighted by Gasteiger charge is 2.05. The van der Waals surface area contributed by atoms with E-state index < -0.39 is 0 Å². The fraction of sp³-hybridized carbons (Fsp3) is 0.222. The van der Waals surface area contributed by atoms with Crippen LogP contribution in [0.3, 0.4) is 0 Å². The number of anilines is 1. The van der Waals surface area contributed by atoms with Gasteiger partial charge in [0.2, 0.25) is 0 Å². The maximum absolute atomic E-state index is 11.2. The van der Waals surface area contributed by atoms with E-state index in [4.69, 9.17) is 0 Å². The maximum Gasteiger partial charge on any atom is 0.280 e. The summed E-state index contributed by atoms with van der Waals surface area (Å²) in [5, 5.41) is 9.13. The van der Waals surface area contributed by atoms with E-state index in [1.807, 2.05) is 17.8 Å². The van der Waals surface area contributed by atoms with Gasteiger partial charge in [-0.25, -0.2) is 10.1 Å². The van der Waals surface area contributed by atoms with Gasteiger partial charge in [-0.15, -0.1) is 0 Å². The Kier molecular flexibility index (Phi) is 3.04. The third-order valence-corrected chi connectivity index (χ3v) is 2.94. The first-order valence-electron chi connectivity index (χ1n) is 4.61. The molecule has 0 aromatic carbocycles. The summed E-state index contributed by atoms with van der Waals surface area (Å²) in [6.07, 6.45) is 5.14. The molecule has 0 amide bonds. The zero-order valence-electron chi connectivity index (χ0n) is 8.57. The number of nitrogens with zero attached hydrogens (tertiary/aromatic N) is 3. The van der Waals surface area contributed by atoms with E-state index in [1.54, 1.807) is 12.4 Å². The Morgan fingerprint density at radius 1 is 1.62 bits per heavy atom. The van der Waals surface area contributed by atoms with E-state index in [-0.39, 0.29) is 5.56 Å². The van der Waals surface area contributed by atoms with Crippen LogP contribution >= 0.6 is 15.9 Å². The minimum Gasteiger partial charge on any atom is -0.375 e. The molecule has 6 nitrogen and oxygen atoms in total. The molecule has 0 fully saturated rings. The van der Waals surface area contributed by atoms with Gasteiger partial charge in [0.1, 0.15) is 10.3 Å². The molecule has 2 aromatic heterocycles. The van der Waals surface area contributed by atoms with E-state index in [0.717, 1.165) is 5.82 Å². The molecule has 2 N–H and O–H groups in total. The van der Waals surface area contributed by atoms with Crippen molar-refractivity contribution in [2.75, 3.05) is 5.32 Å².